The maximum Gasteiger partial charge on any atom is 0.328 e. The van der Waals surface area contributed by atoms with Gasteiger partial charge in [0.2, 0.25) is 0 Å². The highest BCUT2D eigenvalue weighted by molar-refractivity contribution is 5.80. The van der Waals surface area contributed by atoms with E-state index < -0.39 is 60.4 Å². The van der Waals surface area contributed by atoms with Gasteiger partial charge in [-0.05, 0) is 12.8 Å². The third kappa shape index (κ3) is 19.9. The molecule has 0 heterocycles. The van der Waals surface area contributed by atoms with Crippen LogP contribution in [-0.4, -0.2) is 11.1 Å². The Labute approximate surface area is 161 Å². The quantitative estimate of drug-likeness (QED) is 0.221. The SMILES string of the molecule is [2H]C(C=CCCCCCCCCC)=C([2H])C([2H])=C([2H])C([2H])=C([2H])C([2H])=C([2H])C([2H])=C([2H])C(=O)O. The Morgan fingerprint density at radius 1 is 0.792 bits per heavy atom. The summed E-state index contributed by atoms with van der Waals surface area (Å²) < 4.78 is 77.2. The van der Waals surface area contributed by atoms with E-state index in [-0.39, 0.29) is 6.05 Å². The van der Waals surface area contributed by atoms with Crippen LogP contribution in [0.15, 0.2) is 72.7 Å². The lowest BCUT2D eigenvalue weighted by Gasteiger charge is -1.98. The molecule has 24 heavy (non-hydrogen) atoms. The summed E-state index contributed by atoms with van der Waals surface area (Å²) >= 11 is 0. The van der Waals surface area contributed by atoms with Crippen molar-refractivity contribution in [1.29, 1.82) is 0 Å². The second-order valence-corrected chi connectivity index (χ2v) is 4.89. The van der Waals surface area contributed by atoms with Gasteiger partial charge in [-0.15, -0.1) is 0 Å². The predicted molar refractivity (Wildman–Crippen MR) is 105 cm³/mol. The summed E-state index contributed by atoms with van der Waals surface area (Å²) in [6, 6.07) is -9.39. The van der Waals surface area contributed by atoms with Crippen LogP contribution in [0.25, 0.3) is 0 Å². The molecule has 0 aliphatic carbocycles. The minimum absolute atomic E-state index is 0.350. The van der Waals surface area contributed by atoms with Gasteiger partial charge in [-0.2, -0.15) is 0 Å². The zero-order valence-corrected chi connectivity index (χ0v) is 14.2. The van der Waals surface area contributed by atoms with Gasteiger partial charge in [0, 0.05) is 6.05 Å². The lowest BCUT2D eigenvalue weighted by atomic mass is 10.1. The van der Waals surface area contributed by atoms with Crippen LogP contribution in [0.4, 0.5) is 0 Å². The Balaban J connectivity index is 5.52. The molecule has 0 aromatic heterocycles. The summed E-state index contributed by atoms with van der Waals surface area (Å²) in [5, 5.41) is 8.71. The van der Waals surface area contributed by atoms with Crippen molar-refractivity contribution in [2.75, 3.05) is 0 Å². The molecular weight excluding hydrogens is 296 g/mol. The maximum atomic E-state index is 10.7. The van der Waals surface area contributed by atoms with Crippen molar-refractivity contribution in [3.8, 4) is 0 Å². The van der Waals surface area contributed by atoms with E-state index in [0.717, 1.165) is 19.3 Å². The fourth-order valence-corrected chi connectivity index (χ4v) is 1.71. The lowest BCUT2D eigenvalue weighted by molar-refractivity contribution is -0.131. The summed E-state index contributed by atoms with van der Waals surface area (Å²) in [5.41, 5.74) is 0. The summed E-state index contributed by atoms with van der Waals surface area (Å²) in [5.74, 6) is -1.80. The van der Waals surface area contributed by atoms with E-state index in [1.54, 1.807) is 6.08 Å². The minimum Gasteiger partial charge on any atom is -0.478 e. The van der Waals surface area contributed by atoms with Crippen molar-refractivity contribution in [3.05, 3.63) is 72.7 Å². The van der Waals surface area contributed by atoms with Crippen LogP contribution >= 0.6 is 0 Å². The fourth-order valence-electron chi connectivity index (χ4n) is 1.71. The molecule has 2 heteroatoms. The average Bonchev–Trinajstić information content (AvgIpc) is 2.83. The van der Waals surface area contributed by atoms with Gasteiger partial charge >= 0.3 is 5.97 Å². The van der Waals surface area contributed by atoms with E-state index in [9.17, 15) is 4.79 Å². The highest BCUT2D eigenvalue weighted by Crippen LogP contribution is 2.08. The van der Waals surface area contributed by atoms with Gasteiger partial charge in [-0.1, -0.05) is 112 Å². The molecule has 0 amide bonds. The Morgan fingerprint density at radius 3 is 1.88 bits per heavy atom. The Hall–Kier alpha value is -2.09. The van der Waals surface area contributed by atoms with Gasteiger partial charge < -0.3 is 5.11 Å². The first-order valence-corrected chi connectivity index (χ1v) is 8.17. The first-order chi connectivity index (χ1) is 15.9. The fraction of sp³-hybridized carbons (Fsp3) is 0.409. The van der Waals surface area contributed by atoms with Gasteiger partial charge in [0.05, 0.1) is 13.7 Å². The molecule has 132 valence electrons. The van der Waals surface area contributed by atoms with Crippen LogP contribution in [0, 0.1) is 0 Å². The van der Waals surface area contributed by atoms with Gasteiger partial charge in [0.1, 0.15) is 0 Å². The number of unbranched alkanes of at least 4 members (excludes halogenated alkanes) is 7. The zero-order chi connectivity index (χ0) is 26.4. The van der Waals surface area contributed by atoms with Crippen molar-refractivity contribution in [3.63, 3.8) is 0 Å². The summed E-state index contributed by atoms with van der Waals surface area (Å²) in [7, 11) is 0. The third-order valence-electron chi connectivity index (χ3n) is 2.85. The van der Waals surface area contributed by atoms with Crippen molar-refractivity contribution in [1.82, 2.24) is 0 Å². The van der Waals surface area contributed by atoms with E-state index in [1.807, 2.05) is 0 Å². The molecule has 0 bridgehead atoms. The number of carboxylic acids is 1. The van der Waals surface area contributed by atoms with Crippen molar-refractivity contribution < 1.29 is 23.6 Å². The molecule has 1 N–H and O–H groups in total. The second-order valence-electron chi connectivity index (χ2n) is 4.89. The van der Waals surface area contributed by atoms with E-state index in [1.165, 1.54) is 31.8 Å². The highest BCUT2D eigenvalue weighted by Gasteiger charge is 1.88. The monoisotopic (exact) mass is 338 g/mol. The molecule has 2 nitrogen and oxygen atoms in total. The van der Waals surface area contributed by atoms with E-state index in [0.29, 0.717) is 6.42 Å². The van der Waals surface area contributed by atoms with Crippen LogP contribution in [-0.2, 0) is 4.79 Å². The molecule has 0 radical (unpaired) electrons. The molecule has 0 aliphatic rings. The first-order valence-electron chi connectivity index (χ1n) is 13.2. The van der Waals surface area contributed by atoms with E-state index >= 15 is 0 Å². The predicted octanol–water partition coefficient (Wildman–Crippen LogP) is 6.55. The van der Waals surface area contributed by atoms with Crippen LogP contribution in [0.2, 0.25) is 0 Å². The van der Waals surface area contributed by atoms with Crippen molar-refractivity contribution >= 4 is 5.97 Å². The standard InChI is InChI=1S/C22H32O2/c1-2-3-4-5-6-7-8-9-10-11-12-13-14-15-16-17-18-19-20-21-22(23)24/h10-21H,2-9H2,1H3,(H,23,24)/i12D,13D,14D,15D,16D,17D,18D,19D,20D,21D. The average molecular weight is 339 g/mol. The molecule has 0 rings (SSSR count). The Bertz CT molecular complexity index is 911. The number of rotatable bonds is 14. The minimum atomic E-state index is -1.80. The van der Waals surface area contributed by atoms with Gasteiger partial charge in [0.25, 0.3) is 0 Å². The third-order valence-corrected chi connectivity index (χ3v) is 2.85. The second kappa shape index (κ2) is 19.0. The molecule has 0 spiro atoms. The Kier molecular flexibility index (Phi) is 7.92. The molecule has 0 saturated carbocycles. The van der Waals surface area contributed by atoms with E-state index in [4.69, 9.17) is 18.8 Å². The van der Waals surface area contributed by atoms with Crippen LogP contribution in [0.1, 0.15) is 72.0 Å². The maximum absolute atomic E-state index is 10.7. The number of aliphatic carboxylic acids is 1. The smallest absolute Gasteiger partial charge is 0.328 e. The van der Waals surface area contributed by atoms with Gasteiger partial charge in [-0.25, -0.2) is 4.79 Å². The Morgan fingerprint density at radius 2 is 1.29 bits per heavy atom. The molecule has 0 saturated heterocycles. The number of carbonyl (C=O) groups is 1. The summed E-state index contributed by atoms with van der Waals surface area (Å²) in [6.45, 7) is 2.16. The normalized spacial score (nSPS) is 23.0. The molecule has 0 aromatic carbocycles. The summed E-state index contributed by atoms with van der Waals surface area (Å²) in [4.78, 5) is 10.7. The lowest BCUT2D eigenvalue weighted by Crippen LogP contribution is -1.84. The number of carboxylic acid groups (broad SMARTS) is 1. The molecule has 0 atom stereocenters. The zero-order valence-electron chi connectivity index (χ0n) is 24.2. The van der Waals surface area contributed by atoms with Crippen molar-refractivity contribution in [2.45, 2.75) is 58.3 Å². The molecule has 0 unspecified atom stereocenters. The molecule has 0 aliphatic heterocycles. The first kappa shape index (κ1) is 10.0. The van der Waals surface area contributed by atoms with E-state index in [2.05, 4.69) is 6.92 Å². The molecular formula is C22H32O2. The molecule has 0 fully saturated rings. The van der Waals surface area contributed by atoms with Gasteiger partial charge in [-0.3, -0.25) is 0 Å². The number of hydrogen-bond donors (Lipinski definition) is 1. The topological polar surface area (TPSA) is 37.3 Å². The van der Waals surface area contributed by atoms with Crippen LogP contribution in [0.3, 0.4) is 0 Å². The van der Waals surface area contributed by atoms with Crippen LogP contribution < -0.4 is 0 Å². The highest BCUT2D eigenvalue weighted by atomic mass is 16.4. The summed E-state index contributed by atoms with van der Waals surface area (Å²) in [6.07, 6.45) is 11.7. The van der Waals surface area contributed by atoms with Crippen molar-refractivity contribution in [2.24, 2.45) is 0 Å². The largest absolute Gasteiger partial charge is 0.478 e. The molecule has 0 aromatic rings. The van der Waals surface area contributed by atoms with Gasteiger partial charge in [0.15, 0.2) is 0 Å². The number of hydrogen-bond acceptors (Lipinski definition) is 1. The number of allylic oxidation sites excluding steroid dienone is 11. The van der Waals surface area contributed by atoms with Crippen LogP contribution in [0.5, 0.6) is 0 Å².